The summed E-state index contributed by atoms with van der Waals surface area (Å²) in [5.74, 6) is -1.15. The van der Waals surface area contributed by atoms with Gasteiger partial charge in [-0.25, -0.2) is 5.01 Å². The van der Waals surface area contributed by atoms with Crippen molar-refractivity contribution in [3.05, 3.63) is 49.6 Å². The van der Waals surface area contributed by atoms with E-state index in [9.17, 15) is 9.59 Å². The van der Waals surface area contributed by atoms with Gasteiger partial charge in [-0.1, -0.05) is 41.2 Å². The molecule has 4 rings (SSSR count). The summed E-state index contributed by atoms with van der Waals surface area (Å²) in [7, 11) is 0. The van der Waals surface area contributed by atoms with Crippen molar-refractivity contribution in [3.8, 4) is 0 Å². The van der Waals surface area contributed by atoms with E-state index in [0.717, 1.165) is 43.5 Å². The summed E-state index contributed by atoms with van der Waals surface area (Å²) in [5.41, 5.74) is 3.61. The molecule has 2 aliphatic rings. The van der Waals surface area contributed by atoms with Crippen LogP contribution in [-0.4, -0.2) is 36.0 Å². The molecule has 158 valence electrons. The van der Waals surface area contributed by atoms with Crippen molar-refractivity contribution >= 4 is 69.7 Å². The van der Waals surface area contributed by atoms with E-state index in [0.29, 0.717) is 20.1 Å². The van der Waals surface area contributed by atoms with Gasteiger partial charge in [0.1, 0.15) is 18.0 Å². The third kappa shape index (κ3) is 4.36. The summed E-state index contributed by atoms with van der Waals surface area (Å²) >= 11 is 20.0. The second kappa shape index (κ2) is 9.24. The van der Waals surface area contributed by atoms with E-state index < -0.39 is 12.0 Å². The number of aldehydes is 1. The smallest absolute Gasteiger partial charge is 0.282 e. The lowest BCUT2D eigenvalue weighted by Gasteiger charge is -2.27. The van der Waals surface area contributed by atoms with Crippen LogP contribution in [-0.2, 0) is 9.59 Å². The molecule has 1 fully saturated rings. The molecule has 1 aromatic heterocycles. The molecule has 0 bridgehead atoms. The normalized spacial score (nSPS) is 22.1. The van der Waals surface area contributed by atoms with E-state index in [1.54, 1.807) is 29.3 Å². The first-order valence-corrected chi connectivity index (χ1v) is 11.5. The number of piperidine rings is 1. The number of halogens is 3. The van der Waals surface area contributed by atoms with Gasteiger partial charge in [-0.15, -0.1) is 11.3 Å². The number of rotatable bonds is 5. The van der Waals surface area contributed by atoms with Gasteiger partial charge in [0.2, 0.25) is 0 Å². The van der Waals surface area contributed by atoms with Gasteiger partial charge >= 0.3 is 0 Å². The monoisotopic (exact) mass is 484 g/mol. The van der Waals surface area contributed by atoms with Crippen molar-refractivity contribution in [2.75, 3.05) is 18.1 Å². The number of nitrogens with one attached hydrogen (secondary N) is 1. The van der Waals surface area contributed by atoms with Crippen LogP contribution in [0.5, 0.6) is 0 Å². The standard InChI is InChI=1S/C20H19Cl3N4O2S/c21-12-4-5-15(14(22)10-12)27-19(16-6-7-17(23)30-16)13(11-28)18(24-27)20(29)25-26-8-2-1-3-9-26/h4-7,10-11,13,19H,1-3,8-9H2,(H,25,29). The Balaban J connectivity index is 1.71. The third-order valence-electron chi connectivity index (χ3n) is 5.17. The number of thiophene rings is 1. The number of hydrogen-bond acceptors (Lipinski definition) is 6. The van der Waals surface area contributed by atoms with Crippen LogP contribution in [0.3, 0.4) is 0 Å². The molecule has 1 saturated heterocycles. The number of carbonyl (C=O) groups excluding carboxylic acids is 2. The van der Waals surface area contributed by atoms with Crippen molar-refractivity contribution in [1.29, 1.82) is 0 Å². The number of hydrogen-bond donors (Lipinski definition) is 1. The fourth-order valence-corrected chi connectivity index (χ4v) is 5.43. The average molecular weight is 486 g/mol. The second-order valence-corrected chi connectivity index (χ2v) is 9.75. The number of hydrazine groups is 1. The maximum absolute atomic E-state index is 13.0. The largest absolute Gasteiger partial charge is 0.303 e. The molecular formula is C20H19Cl3N4O2S. The molecule has 6 nitrogen and oxygen atoms in total. The molecule has 3 heterocycles. The van der Waals surface area contributed by atoms with E-state index in [4.69, 9.17) is 34.8 Å². The zero-order valence-corrected chi connectivity index (χ0v) is 18.9. The molecule has 0 spiro atoms. The van der Waals surface area contributed by atoms with Gasteiger partial charge in [-0.05, 0) is 43.2 Å². The van der Waals surface area contributed by atoms with Gasteiger partial charge in [-0.3, -0.25) is 15.2 Å². The topological polar surface area (TPSA) is 65.0 Å². The molecule has 0 saturated carbocycles. The molecule has 1 N–H and O–H groups in total. The first-order valence-electron chi connectivity index (χ1n) is 9.57. The molecule has 2 aliphatic heterocycles. The van der Waals surface area contributed by atoms with Crippen molar-refractivity contribution in [3.63, 3.8) is 0 Å². The van der Waals surface area contributed by atoms with Crippen LogP contribution in [0.25, 0.3) is 0 Å². The first kappa shape index (κ1) is 21.6. The van der Waals surface area contributed by atoms with Gasteiger partial charge in [0, 0.05) is 23.0 Å². The molecule has 10 heteroatoms. The maximum Gasteiger partial charge on any atom is 0.282 e. The Kier molecular flexibility index (Phi) is 6.65. The molecule has 2 atom stereocenters. The number of anilines is 1. The predicted octanol–water partition coefficient (Wildman–Crippen LogP) is 4.96. The Bertz CT molecular complexity index is 990. The molecule has 2 unspecified atom stereocenters. The van der Waals surface area contributed by atoms with Crippen molar-refractivity contribution in [2.45, 2.75) is 25.3 Å². The van der Waals surface area contributed by atoms with Gasteiger partial charge in [-0.2, -0.15) is 5.10 Å². The second-order valence-electron chi connectivity index (χ2n) is 7.16. The lowest BCUT2D eigenvalue weighted by molar-refractivity contribution is -0.120. The molecule has 0 aliphatic carbocycles. The summed E-state index contributed by atoms with van der Waals surface area (Å²) in [4.78, 5) is 26.0. The van der Waals surface area contributed by atoms with Crippen LogP contribution in [0.15, 0.2) is 35.4 Å². The van der Waals surface area contributed by atoms with Gasteiger partial charge in [0.25, 0.3) is 5.91 Å². The number of nitrogens with zero attached hydrogens (tertiary/aromatic N) is 3. The van der Waals surface area contributed by atoms with Crippen LogP contribution in [0.1, 0.15) is 30.2 Å². The van der Waals surface area contributed by atoms with Gasteiger partial charge < -0.3 is 4.79 Å². The number of hydrazone groups is 1. The Morgan fingerprint density at radius 2 is 1.90 bits per heavy atom. The molecular weight excluding hydrogens is 467 g/mol. The van der Waals surface area contributed by atoms with Crippen LogP contribution < -0.4 is 10.4 Å². The number of carbonyl (C=O) groups is 2. The Morgan fingerprint density at radius 1 is 1.13 bits per heavy atom. The fraction of sp³-hybridized carbons (Fsp3) is 0.350. The summed E-state index contributed by atoms with van der Waals surface area (Å²) in [6.07, 6.45) is 3.95. The van der Waals surface area contributed by atoms with Crippen LogP contribution in [0.2, 0.25) is 14.4 Å². The Labute approximate surface area is 193 Å². The SMILES string of the molecule is O=CC1C(C(=O)NN2CCCCC2)=NN(c2ccc(Cl)cc2Cl)C1c1ccc(Cl)s1. The fourth-order valence-electron chi connectivity index (χ4n) is 3.74. The molecule has 0 radical (unpaired) electrons. The van der Waals surface area contributed by atoms with Gasteiger partial charge in [0.05, 0.1) is 21.0 Å². The summed E-state index contributed by atoms with van der Waals surface area (Å²) < 4.78 is 0.586. The van der Waals surface area contributed by atoms with Crippen molar-refractivity contribution in [1.82, 2.24) is 10.4 Å². The minimum atomic E-state index is -0.767. The molecule has 1 amide bonds. The van der Waals surface area contributed by atoms with E-state index in [2.05, 4.69) is 10.5 Å². The van der Waals surface area contributed by atoms with E-state index >= 15 is 0 Å². The first-order chi connectivity index (χ1) is 14.5. The van der Waals surface area contributed by atoms with Crippen LogP contribution in [0.4, 0.5) is 5.69 Å². The number of benzene rings is 1. The zero-order valence-electron chi connectivity index (χ0n) is 15.9. The highest BCUT2D eigenvalue weighted by molar-refractivity contribution is 7.16. The molecule has 30 heavy (non-hydrogen) atoms. The summed E-state index contributed by atoms with van der Waals surface area (Å²) in [6, 6.07) is 8.10. The van der Waals surface area contributed by atoms with Crippen molar-refractivity contribution in [2.24, 2.45) is 11.0 Å². The van der Waals surface area contributed by atoms with Crippen LogP contribution in [0, 0.1) is 5.92 Å². The van der Waals surface area contributed by atoms with E-state index in [-0.39, 0.29) is 11.6 Å². The predicted molar refractivity (Wildman–Crippen MR) is 122 cm³/mol. The molecule has 2 aromatic rings. The summed E-state index contributed by atoms with van der Waals surface area (Å²) in [5, 5.41) is 8.91. The maximum atomic E-state index is 13.0. The average Bonchev–Trinajstić information content (AvgIpc) is 3.32. The minimum Gasteiger partial charge on any atom is -0.303 e. The lowest BCUT2D eigenvalue weighted by Crippen LogP contribution is -2.48. The van der Waals surface area contributed by atoms with E-state index in [1.807, 2.05) is 11.1 Å². The minimum absolute atomic E-state index is 0.149. The number of amides is 1. The van der Waals surface area contributed by atoms with Crippen molar-refractivity contribution < 1.29 is 9.59 Å². The lowest BCUT2D eigenvalue weighted by atomic mass is 9.95. The highest BCUT2D eigenvalue weighted by Gasteiger charge is 2.43. The molecule has 1 aromatic carbocycles. The Morgan fingerprint density at radius 3 is 2.53 bits per heavy atom. The zero-order chi connectivity index (χ0) is 21.3. The highest BCUT2D eigenvalue weighted by Crippen LogP contribution is 2.44. The third-order valence-corrected chi connectivity index (χ3v) is 7.01. The Hall–Kier alpha value is -1.64. The highest BCUT2D eigenvalue weighted by atomic mass is 35.5. The van der Waals surface area contributed by atoms with E-state index in [1.165, 1.54) is 11.3 Å². The van der Waals surface area contributed by atoms with Gasteiger partial charge in [0.15, 0.2) is 0 Å². The summed E-state index contributed by atoms with van der Waals surface area (Å²) in [6.45, 7) is 1.56. The quantitative estimate of drug-likeness (QED) is 0.608. The van der Waals surface area contributed by atoms with Crippen LogP contribution >= 0.6 is 46.1 Å².